The van der Waals surface area contributed by atoms with Crippen LogP contribution in [0.15, 0.2) is 164 Å². The summed E-state index contributed by atoms with van der Waals surface area (Å²) in [6.45, 7) is 3.98. The molecule has 8 aromatic carbocycles. The monoisotopic (exact) mass is 825 g/mol. The van der Waals surface area contributed by atoms with Gasteiger partial charge in [-0.15, -0.1) is 0 Å². The smallest absolute Gasteiger partial charge is 0.308 e. The van der Waals surface area contributed by atoms with E-state index >= 15 is 13.2 Å². The number of nitrogens with zero attached hydrogens (tertiary/aromatic N) is 3. The van der Waals surface area contributed by atoms with Crippen LogP contribution < -0.4 is 0 Å². The zero-order valence-corrected chi connectivity index (χ0v) is 33.2. The van der Waals surface area contributed by atoms with Crippen LogP contribution in [-0.2, 0) is 12.4 Å². The van der Waals surface area contributed by atoms with Gasteiger partial charge >= 0.3 is 12.4 Å². The standard InChI is InChI=1S/C53H33F6N3/c1-31-11-15-34(16-12-31)36-19-22-41-39-7-3-5-9-45(39)61(47(41)27-36)49-25-33(30-60)26-50(51(49)43-24-21-38(52(54,55)56)29-44(43)53(57,58)59)62-46-10-6-4-8-40(46)42-23-20-37(28-48(42)62)35-17-13-32(2)14-18-35/h3-29H,1-2H3. The fourth-order valence-corrected chi connectivity index (χ4v) is 8.79. The summed E-state index contributed by atoms with van der Waals surface area (Å²) in [4.78, 5) is 0. The van der Waals surface area contributed by atoms with Crippen molar-refractivity contribution in [1.82, 2.24) is 9.13 Å². The summed E-state index contributed by atoms with van der Waals surface area (Å²) in [5.41, 5.74) is 5.37. The number of para-hydroxylation sites is 2. The van der Waals surface area contributed by atoms with Gasteiger partial charge in [0.1, 0.15) is 0 Å². The fraction of sp³-hybridized carbons (Fsp3) is 0.0755. The van der Waals surface area contributed by atoms with Crippen molar-refractivity contribution in [2.45, 2.75) is 26.2 Å². The lowest BCUT2D eigenvalue weighted by Gasteiger charge is -2.24. The third kappa shape index (κ3) is 6.38. The Bertz CT molecular complexity index is 3270. The second-order valence-electron chi connectivity index (χ2n) is 15.7. The number of fused-ring (bicyclic) bond motifs is 6. The molecule has 0 aliphatic carbocycles. The minimum absolute atomic E-state index is 0.00293. The molecule has 2 aromatic heterocycles. The molecule has 0 N–H and O–H groups in total. The quantitative estimate of drug-likeness (QED) is 0.159. The molecule has 0 saturated carbocycles. The summed E-state index contributed by atoms with van der Waals surface area (Å²) in [6, 6.07) is 49.9. The molecule has 3 nitrogen and oxygen atoms in total. The third-order valence-electron chi connectivity index (χ3n) is 11.7. The van der Waals surface area contributed by atoms with E-state index in [-0.39, 0.29) is 28.6 Å². The number of aryl methyl sites for hydroxylation is 2. The predicted octanol–water partition coefficient (Wildman–Crippen LogP) is 15.4. The first kappa shape index (κ1) is 38.6. The van der Waals surface area contributed by atoms with Crippen molar-refractivity contribution in [3.63, 3.8) is 0 Å². The zero-order valence-electron chi connectivity index (χ0n) is 33.2. The van der Waals surface area contributed by atoms with E-state index < -0.39 is 29.0 Å². The molecule has 0 spiro atoms. The van der Waals surface area contributed by atoms with E-state index in [0.29, 0.717) is 28.1 Å². The second kappa shape index (κ2) is 14.3. The molecule has 9 heteroatoms. The molecule has 0 fully saturated rings. The van der Waals surface area contributed by atoms with Crippen LogP contribution in [0.5, 0.6) is 0 Å². The number of hydrogen-bond donors (Lipinski definition) is 0. The average molecular weight is 826 g/mol. The van der Waals surface area contributed by atoms with Crippen LogP contribution >= 0.6 is 0 Å². The molecule has 0 aliphatic heterocycles. The minimum Gasteiger partial charge on any atom is -0.308 e. The van der Waals surface area contributed by atoms with Gasteiger partial charge in [0.25, 0.3) is 0 Å². The lowest BCUT2D eigenvalue weighted by Crippen LogP contribution is -2.14. The maximum atomic E-state index is 15.5. The molecule has 0 atom stereocenters. The lowest BCUT2D eigenvalue weighted by molar-refractivity contribution is -0.142. The van der Waals surface area contributed by atoms with Crippen molar-refractivity contribution in [2.24, 2.45) is 0 Å². The van der Waals surface area contributed by atoms with Crippen LogP contribution in [-0.4, -0.2) is 9.13 Å². The molecule has 0 unspecified atom stereocenters. The van der Waals surface area contributed by atoms with Gasteiger partial charge in [0.15, 0.2) is 0 Å². The highest BCUT2D eigenvalue weighted by molar-refractivity contribution is 6.13. The van der Waals surface area contributed by atoms with E-state index in [1.165, 1.54) is 12.1 Å². The van der Waals surface area contributed by atoms with Gasteiger partial charge in [-0.3, -0.25) is 0 Å². The Morgan fingerprint density at radius 1 is 0.435 bits per heavy atom. The molecule has 2 heterocycles. The van der Waals surface area contributed by atoms with Crippen molar-refractivity contribution in [3.05, 3.63) is 192 Å². The Morgan fingerprint density at radius 2 is 0.871 bits per heavy atom. The Balaban J connectivity index is 1.40. The Hall–Kier alpha value is -7.57. The van der Waals surface area contributed by atoms with Crippen molar-refractivity contribution in [1.29, 1.82) is 5.26 Å². The number of nitriles is 1. The Labute approximate surface area is 351 Å². The van der Waals surface area contributed by atoms with E-state index in [1.54, 1.807) is 0 Å². The van der Waals surface area contributed by atoms with Gasteiger partial charge in [0, 0.05) is 27.1 Å². The summed E-state index contributed by atoms with van der Waals surface area (Å²) in [5, 5.41) is 14.0. The Morgan fingerprint density at radius 3 is 1.31 bits per heavy atom. The van der Waals surface area contributed by atoms with Crippen molar-refractivity contribution in [2.75, 3.05) is 0 Å². The van der Waals surface area contributed by atoms with Gasteiger partial charge in [0.2, 0.25) is 0 Å². The maximum Gasteiger partial charge on any atom is 0.417 e. The van der Waals surface area contributed by atoms with Crippen molar-refractivity contribution < 1.29 is 26.3 Å². The van der Waals surface area contributed by atoms with Crippen LogP contribution in [0.2, 0.25) is 0 Å². The highest BCUT2D eigenvalue weighted by atomic mass is 19.4. The molecule has 10 aromatic rings. The van der Waals surface area contributed by atoms with E-state index in [0.717, 1.165) is 61.0 Å². The van der Waals surface area contributed by atoms with Gasteiger partial charge in [-0.2, -0.15) is 31.6 Å². The van der Waals surface area contributed by atoms with Gasteiger partial charge in [-0.1, -0.05) is 126 Å². The highest BCUT2D eigenvalue weighted by Gasteiger charge is 2.40. The van der Waals surface area contributed by atoms with Crippen LogP contribution in [0.4, 0.5) is 26.3 Å². The zero-order chi connectivity index (χ0) is 43.1. The molecule has 0 aliphatic rings. The predicted molar refractivity (Wildman–Crippen MR) is 236 cm³/mol. The number of rotatable bonds is 5. The minimum atomic E-state index is -5.21. The first-order valence-electron chi connectivity index (χ1n) is 19.9. The molecular weight excluding hydrogens is 793 g/mol. The molecule has 0 radical (unpaired) electrons. The van der Waals surface area contributed by atoms with E-state index in [2.05, 4.69) is 6.07 Å². The topological polar surface area (TPSA) is 33.6 Å². The van der Waals surface area contributed by atoms with Crippen molar-refractivity contribution >= 4 is 43.6 Å². The fourth-order valence-electron chi connectivity index (χ4n) is 8.79. The van der Waals surface area contributed by atoms with Crippen LogP contribution in [0.25, 0.3) is 88.4 Å². The van der Waals surface area contributed by atoms with Crippen LogP contribution in [0, 0.1) is 25.2 Å². The number of benzene rings is 8. The average Bonchev–Trinajstić information content (AvgIpc) is 3.77. The van der Waals surface area contributed by atoms with Gasteiger partial charge in [-0.05, 0) is 90.2 Å². The van der Waals surface area contributed by atoms with Crippen LogP contribution in [0.3, 0.4) is 0 Å². The first-order valence-corrected chi connectivity index (χ1v) is 19.9. The Kier molecular flexibility index (Phi) is 8.89. The normalized spacial score (nSPS) is 12.2. The summed E-state index contributed by atoms with van der Waals surface area (Å²) in [7, 11) is 0. The van der Waals surface area contributed by atoms with Gasteiger partial charge in [0.05, 0.1) is 56.2 Å². The summed E-state index contributed by atoms with van der Waals surface area (Å²) in [6.07, 6.45) is -10.3. The molecule has 302 valence electrons. The first-order chi connectivity index (χ1) is 29.8. The molecule has 0 amide bonds. The lowest BCUT2D eigenvalue weighted by atomic mass is 9.92. The highest BCUT2D eigenvalue weighted by Crippen LogP contribution is 2.48. The largest absolute Gasteiger partial charge is 0.417 e. The van der Waals surface area contributed by atoms with E-state index in [9.17, 15) is 18.4 Å². The van der Waals surface area contributed by atoms with Crippen molar-refractivity contribution in [3.8, 4) is 50.8 Å². The summed E-state index contributed by atoms with van der Waals surface area (Å²) in [5.74, 6) is 0. The number of halogens is 6. The number of alkyl halides is 6. The molecule has 0 saturated heterocycles. The van der Waals surface area contributed by atoms with Gasteiger partial charge in [-0.25, -0.2) is 0 Å². The SMILES string of the molecule is Cc1ccc(-c2ccc3c4ccccc4n(-c4cc(C#N)cc(-n5c6ccccc6c6ccc(-c7ccc(C)cc7)cc65)c4-c4ccc(C(F)(F)F)cc4C(F)(F)F)c3c2)cc1. The molecule has 0 bridgehead atoms. The maximum absolute atomic E-state index is 15.5. The van der Waals surface area contributed by atoms with Gasteiger partial charge < -0.3 is 9.13 Å². The third-order valence-corrected chi connectivity index (χ3v) is 11.7. The molecular formula is C53H33F6N3. The van der Waals surface area contributed by atoms with Crippen LogP contribution in [0.1, 0.15) is 27.8 Å². The summed E-state index contributed by atoms with van der Waals surface area (Å²) >= 11 is 0. The summed E-state index contributed by atoms with van der Waals surface area (Å²) < 4.78 is 93.1. The molecule has 10 rings (SSSR count). The number of hydrogen-bond acceptors (Lipinski definition) is 1. The second-order valence-corrected chi connectivity index (χ2v) is 15.7. The van der Waals surface area contributed by atoms with E-state index in [1.807, 2.05) is 156 Å². The molecule has 62 heavy (non-hydrogen) atoms. The number of aromatic nitrogens is 2. The van der Waals surface area contributed by atoms with E-state index in [4.69, 9.17) is 0 Å².